The van der Waals surface area contributed by atoms with Gasteiger partial charge in [0.1, 0.15) is 5.25 Å². The first-order chi connectivity index (χ1) is 16.9. The molecular weight excluding hydrogens is 458 g/mol. The molecule has 0 fully saturated rings. The summed E-state index contributed by atoms with van der Waals surface area (Å²) in [6.45, 7) is 4.00. The van der Waals surface area contributed by atoms with Crippen molar-refractivity contribution in [2.24, 2.45) is 0 Å². The van der Waals surface area contributed by atoms with Gasteiger partial charge in [0.25, 0.3) is 5.56 Å². The van der Waals surface area contributed by atoms with Crippen molar-refractivity contribution < 1.29 is 4.79 Å². The van der Waals surface area contributed by atoms with E-state index in [1.165, 1.54) is 11.8 Å². The van der Waals surface area contributed by atoms with Gasteiger partial charge in [-0.05, 0) is 43.2 Å². The summed E-state index contributed by atoms with van der Waals surface area (Å²) in [5.74, 6) is 0.359. The molecule has 0 saturated heterocycles. The second-order valence-corrected chi connectivity index (χ2v) is 9.78. The van der Waals surface area contributed by atoms with Crippen molar-refractivity contribution in [3.05, 3.63) is 99.8 Å². The first kappa shape index (κ1) is 22.9. The van der Waals surface area contributed by atoms with Crippen molar-refractivity contribution in [1.29, 1.82) is 0 Å². The van der Waals surface area contributed by atoms with E-state index in [-0.39, 0.29) is 11.5 Å². The zero-order valence-corrected chi connectivity index (χ0v) is 20.8. The van der Waals surface area contributed by atoms with Crippen molar-refractivity contribution in [3.8, 4) is 5.69 Å². The maximum Gasteiger partial charge on any atom is 0.267 e. The van der Waals surface area contributed by atoms with Crippen LogP contribution in [0.15, 0.2) is 82.7 Å². The number of thioether (sulfide) groups is 1. The SMILES string of the molecule is Cc1ccc(-n2c(=O)c3ccccc3n3c(SC(C(=O)N(C)C)c4ccccc4)nnc23)c(C)c1. The van der Waals surface area contributed by atoms with Crippen LogP contribution in [0.4, 0.5) is 0 Å². The highest BCUT2D eigenvalue weighted by Crippen LogP contribution is 2.36. The van der Waals surface area contributed by atoms with Crippen molar-refractivity contribution >= 4 is 34.3 Å². The molecule has 2 aromatic heterocycles. The molecule has 0 aliphatic carbocycles. The Morgan fingerprint density at radius 3 is 2.37 bits per heavy atom. The number of nitrogens with zero attached hydrogens (tertiary/aromatic N) is 5. The van der Waals surface area contributed by atoms with Crippen LogP contribution in [0.1, 0.15) is 21.9 Å². The van der Waals surface area contributed by atoms with Gasteiger partial charge in [-0.15, -0.1) is 10.2 Å². The highest BCUT2D eigenvalue weighted by molar-refractivity contribution is 8.00. The summed E-state index contributed by atoms with van der Waals surface area (Å²) in [4.78, 5) is 28.4. The molecule has 7 nitrogen and oxygen atoms in total. The smallest absolute Gasteiger partial charge is 0.267 e. The summed E-state index contributed by atoms with van der Waals surface area (Å²) in [6, 6.07) is 23.0. The molecular formula is C27H25N5O2S. The van der Waals surface area contributed by atoms with Crippen LogP contribution in [-0.2, 0) is 4.79 Å². The molecule has 0 N–H and O–H groups in total. The summed E-state index contributed by atoms with van der Waals surface area (Å²) in [7, 11) is 3.49. The van der Waals surface area contributed by atoms with E-state index in [4.69, 9.17) is 0 Å². The highest BCUT2D eigenvalue weighted by atomic mass is 32.2. The number of carbonyl (C=O) groups is 1. The minimum Gasteiger partial charge on any atom is -0.348 e. The topological polar surface area (TPSA) is 72.5 Å². The minimum absolute atomic E-state index is 0.0510. The summed E-state index contributed by atoms with van der Waals surface area (Å²) >= 11 is 1.33. The minimum atomic E-state index is -0.515. The fraction of sp³-hybridized carbons (Fsp3) is 0.185. The van der Waals surface area contributed by atoms with Crippen LogP contribution in [0.5, 0.6) is 0 Å². The number of rotatable bonds is 5. The van der Waals surface area contributed by atoms with Crippen LogP contribution < -0.4 is 5.56 Å². The quantitative estimate of drug-likeness (QED) is 0.343. The summed E-state index contributed by atoms with van der Waals surface area (Å²) < 4.78 is 3.49. The lowest BCUT2D eigenvalue weighted by atomic mass is 10.1. The molecule has 0 radical (unpaired) electrons. The van der Waals surface area contributed by atoms with Gasteiger partial charge in [0.05, 0.1) is 16.6 Å². The molecule has 176 valence electrons. The van der Waals surface area contributed by atoms with Crippen molar-refractivity contribution in [2.75, 3.05) is 14.1 Å². The van der Waals surface area contributed by atoms with Crippen molar-refractivity contribution in [2.45, 2.75) is 24.3 Å². The summed E-state index contributed by atoms with van der Waals surface area (Å²) in [6.07, 6.45) is 0. The Balaban J connectivity index is 1.78. The molecule has 0 spiro atoms. The Morgan fingerprint density at radius 2 is 1.66 bits per heavy atom. The first-order valence-electron chi connectivity index (χ1n) is 11.3. The van der Waals surface area contributed by atoms with Crippen molar-refractivity contribution in [3.63, 3.8) is 0 Å². The Hall–Kier alpha value is -3.91. The lowest BCUT2D eigenvalue weighted by Gasteiger charge is -2.20. The number of fused-ring (bicyclic) bond motifs is 3. The van der Waals surface area contributed by atoms with Crippen molar-refractivity contribution in [1.82, 2.24) is 24.1 Å². The van der Waals surface area contributed by atoms with Crippen LogP contribution >= 0.6 is 11.8 Å². The van der Waals surface area contributed by atoms with Gasteiger partial charge in [0.2, 0.25) is 11.7 Å². The molecule has 0 aliphatic heterocycles. The van der Waals surface area contributed by atoms with E-state index in [0.29, 0.717) is 21.8 Å². The van der Waals surface area contributed by atoms with Gasteiger partial charge in [-0.1, -0.05) is 71.9 Å². The number of amides is 1. The van der Waals surface area contributed by atoms with Crippen LogP contribution in [0.2, 0.25) is 0 Å². The van der Waals surface area contributed by atoms with Gasteiger partial charge < -0.3 is 4.90 Å². The third-order valence-corrected chi connectivity index (χ3v) is 7.16. The number of hydrogen-bond donors (Lipinski definition) is 0. The lowest BCUT2D eigenvalue weighted by Crippen LogP contribution is -2.27. The van der Waals surface area contributed by atoms with Crippen LogP contribution in [0, 0.1) is 13.8 Å². The molecule has 35 heavy (non-hydrogen) atoms. The molecule has 1 unspecified atom stereocenters. The Kier molecular flexibility index (Phi) is 5.90. The molecule has 5 rings (SSSR count). The first-order valence-corrected chi connectivity index (χ1v) is 12.1. The number of benzene rings is 3. The van der Waals surface area contributed by atoms with Crippen LogP contribution in [0.3, 0.4) is 0 Å². The Bertz CT molecular complexity index is 1620. The molecule has 0 aliphatic rings. The maximum absolute atomic E-state index is 13.6. The Labute approximate surface area is 207 Å². The lowest BCUT2D eigenvalue weighted by molar-refractivity contribution is -0.128. The van der Waals surface area contributed by atoms with Crippen LogP contribution in [0.25, 0.3) is 22.4 Å². The van der Waals surface area contributed by atoms with E-state index >= 15 is 0 Å². The molecule has 2 heterocycles. The highest BCUT2D eigenvalue weighted by Gasteiger charge is 2.27. The predicted octanol–water partition coefficient (Wildman–Crippen LogP) is 4.57. The van der Waals surface area contributed by atoms with Gasteiger partial charge in [-0.3, -0.25) is 14.0 Å². The predicted molar refractivity (Wildman–Crippen MR) is 139 cm³/mol. The Morgan fingerprint density at radius 1 is 0.943 bits per heavy atom. The average molecular weight is 484 g/mol. The third kappa shape index (κ3) is 4.00. The van der Waals surface area contributed by atoms with E-state index in [2.05, 4.69) is 10.2 Å². The average Bonchev–Trinajstić information content (AvgIpc) is 3.27. The molecule has 5 aromatic rings. The van der Waals surface area contributed by atoms with Crippen LogP contribution in [-0.4, -0.2) is 44.1 Å². The van der Waals surface area contributed by atoms with Gasteiger partial charge >= 0.3 is 0 Å². The van der Waals surface area contributed by atoms with Gasteiger partial charge in [-0.25, -0.2) is 4.57 Å². The number of aryl methyl sites for hydroxylation is 2. The summed E-state index contributed by atoms with van der Waals surface area (Å²) in [5.41, 5.74) is 4.25. The monoisotopic (exact) mass is 483 g/mol. The van der Waals surface area contributed by atoms with E-state index in [0.717, 1.165) is 22.4 Å². The molecule has 0 saturated carbocycles. The van der Waals surface area contributed by atoms with Gasteiger partial charge in [0, 0.05) is 14.1 Å². The molecule has 1 atom stereocenters. The van der Waals surface area contributed by atoms with E-state index in [9.17, 15) is 9.59 Å². The maximum atomic E-state index is 13.6. The molecule has 1 amide bonds. The largest absolute Gasteiger partial charge is 0.348 e. The van der Waals surface area contributed by atoms with E-state index in [1.54, 1.807) is 23.6 Å². The second-order valence-electron chi connectivity index (χ2n) is 8.71. The molecule has 0 bridgehead atoms. The standard InChI is InChI=1S/C27H25N5O2S/c1-17-14-15-21(18(2)16-17)31-24(33)20-12-8-9-13-22(20)32-26(31)28-29-27(32)35-23(25(34)30(3)4)19-10-6-5-7-11-19/h5-16,23H,1-4H3. The number of aromatic nitrogens is 4. The third-order valence-electron chi connectivity index (χ3n) is 5.98. The fourth-order valence-electron chi connectivity index (χ4n) is 4.26. The molecule has 3 aromatic carbocycles. The number of hydrogen-bond acceptors (Lipinski definition) is 5. The zero-order valence-electron chi connectivity index (χ0n) is 20.0. The van der Waals surface area contributed by atoms with Gasteiger partial charge in [-0.2, -0.15) is 0 Å². The number of para-hydroxylation sites is 1. The fourth-order valence-corrected chi connectivity index (χ4v) is 5.45. The molecule has 8 heteroatoms. The summed E-state index contributed by atoms with van der Waals surface area (Å²) in [5, 5.41) is 9.50. The normalized spacial score (nSPS) is 12.2. The second kappa shape index (κ2) is 9.03. The number of likely N-dealkylation sites (N-methyl/N-ethyl adjacent to an activating group) is 1. The van der Waals surface area contributed by atoms with E-state index < -0.39 is 5.25 Å². The zero-order chi connectivity index (χ0) is 24.7. The number of carbonyl (C=O) groups excluding carboxylic acids is 1. The van der Waals surface area contributed by atoms with E-state index in [1.807, 2.05) is 91.0 Å². The van der Waals surface area contributed by atoms with Gasteiger partial charge in [0.15, 0.2) is 5.16 Å².